The number of H-pyrrole nitrogens is 1. The molecule has 7 heterocycles. The molecule has 0 bridgehead atoms. The molecule has 12 heteroatoms. The maximum absolute atomic E-state index is 16.4. The number of piperazine rings is 2. The van der Waals surface area contributed by atoms with Crippen LogP contribution in [0.5, 0.6) is 0 Å². The number of ether oxygens (including phenoxy) is 1. The molecule has 11 rings (SSSR count). The summed E-state index contributed by atoms with van der Waals surface area (Å²) in [5, 5.41) is 3.24. The van der Waals surface area contributed by atoms with Gasteiger partial charge in [0.1, 0.15) is 11.5 Å². The normalized spacial score (nSPS) is 16.2. The molecule has 67 heavy (non-hydrogen) atoms. The van der Waals surface area contributed by atoms with E-state index in [2.05, 4.69) is 124 Å². The van der Waals surface area contributed by atoms with Crippen molar-refractivity contribution < 1.29 is 13.9 Å². The Morgan fingerprint density at radius 1 is 0.672 bits per heavy atom. The molecule has 3 fully saturated rings. The lowest BCUT2D eigenvalue weighted by Crippen LogP contribution is -2.44. The zero-order valence-corrected chi connectivity index (χ0v) is 38.5. The van der Waals surface area contributed by atoms with Crippen molar-refractivity contribution in [3.63, 3.8) is 0 Å². The zero-order chi connectivity index (χ0) is 45.6. The number of pyridine rings is 2. The van der Waals surface area contributed by atoms with Gasteiger partial charge < -0.3 is 29.3 Å². The minimum atomic E-state index is -0.494. The maximum Gasteiger partial charge on any atom is 0.272 e. The van der Waals surface area contributed by atoms with Crippen molar-refractivity contribution in [3.05, 3.63) is 145 Å². The number of hydrogen-bond acceptors (Lipinski definition) is 8. The summed E-state index contributed by atoms with van der Waals surface area (Å²) in [7, 11) is 6.04. The fraction of sp³-hybridized carbons (Fsp3) is 0.291. The van der Waals surface area contributed by atoms with E-state index >= 15 is 4.39 Å². The van der Waals surface area contributed by atoms with Crippen LogP contribution in [-0.4, -0.2) is 122 Å². The second kappa shape index (κ2) is 18.1. The van der Waals surface area contributed by atoms with E-state index in [1.54, 1.807) is 30.1 Å². The molecule has 1 N–H and O–H groups in total. The second-order valence-corrected chi connectivity index (χ2v) is 18.6. The van der Waals surface area contributed by atoms with Crippen LogP contribution >= 0.6 is 0 Å². The van der Waals surface area contributed by atoms with Crippen LogP contribution in [0, 0.1) is 11.7 Å². The van der Waals surface area contributed by atoms with Gasteiger partial charge >= 0.3 is 0 Å². The summed E-state index contributed by atoms with van der Waals surface area (Å²) < 4.78 is 23.6. The molecule has 0 saturated carbocycles. The van der Waals surface area contributed by atoms with Gasteiger partial charge in [0.2, 0.25) is 0 Å². The largest absolute Gasteiger partial charge is 0.381 e. The molecule has 4 aromatic carbocycles. The molecular weight excluding hydrogens is 838 g/mol. The Hall–Kier alpha value is -6.86. The minimum Gasteiger partial charge on any atom is -0.381 e. The summed E-state index contributed by atoms with van der Waals surface area (Å²) in [6, 6.07) is 35.0. The van der Waals surface area contributed by atoms with Crippen molar-refractivity contribution in [2.45, 2.75) is 12.8 Å². The number of nitrogens with zero attached hydrogens (tertiary/aromatic N) is 8. The predicted octanol–water partition coefficient (Wildman–Crippen LogP) is 9.21. The molecule has 3 aliphatic rings. The van der Waals surface area contributed by atoms with E-state index in [-0.39, 0.29) is 11.5 Å². The summed E-state index contributed by atoms with van der Waals surface area (Å²) in [5.74, 6) is -0.222. The van der Waals surface area contributed by atoms with Crippen molar-refractivity contribution in [2.75, 3.05) is 102 Å². The van der Waals surface area contributed by atoms with Gasteiger partial charge in [-0.25, -0.2) is 24.0 Å². The van der Waals surface area contributed by atoms with E-state index in [1.165, 1.54) is 28.0 Å². The Balaban J connectivity index is 0.871. The second-order valence-electron chi connectivity index (χ2n) is 18.6. The standard InChI is InChI=1S/C55H56FN9O2/c1-60-20-24-63(25-21-60)45-15-10-39(11-16-45)43-28-48-50(33-58-53(48)57-31-43)47-19-14-42(30-52(47)56)55(66)62(3)65-34-51(41-8-6-37(7-9-41)4-5-38-35-67-36-38)49-29-44(32-59-54(49)65)40-12-17-46(18-13-40)64-26-22-61(2)23-27-64/h6-19,28-34,38H,4-5,20-27,35-36H2,1-3H3,(H,57,58). The number of aromatic nitrogens is 4. The number of nitrogens with one attached hydrogen (secondary N) is 1. The summed E-state index contributed by atoms with van der Waals surface area (Å²) in [4.78, 5) is 36.9. The summed E-state index contributed by atoms with van der Waals surface area (Å²) in [5.41, 5.74) is 12.3. The molecule has 0 aliphatic carbocycles. The number of aryl methyl sites for hydroxylation is 1. The average molecular weight is 894 g/mol. The highest BCUT2D eigenvalue weighted by atomic mass is 19.1. The quantitative estimate of drug-likeness (QED) is 0.138. The summed E-state index contributed by atoms with van der Waals surface area (Å²) in [6.45, 7) is 9.92. The fourth-order valence-corrected chi connectivity index (χ4v) is 9.77. The molecule has 3 aliphatic heterocycles. The third-order valence-electron chi connectivity index (χ3n) is 14.2. The van der Waals surface area contributed by atoms with Gasteiger partial charge in [-0.2, -0.15) is 0 Å². The lowest BCUT2D eigenvalue weighted by molar-refractivity contribution is -0.0352. The molecule has 3 saturated heterocycles. The van der Waals surface area contributed by atoms with Gasteiger partial charge in [-0.05, 0) is 97.7 Å². The van der Waals surface area contributed by atoms with Crippen LogP contribution in [-0.2, 0) is 11.2 Å². The monoisotopic (exact) mass is 893 g/mol. The van der Waals surface area contributed by atoms with E-state index in [9.17, 15) is 4.79 Å². The number of hydrogen-bond donors (Lipinski definition) is 1. The van der Waals surface area contributed by atoms with E-state index < -0.39 is 5.82 Å². The summed E-state index contributed by atoms with van der Waals surface area (Å²) in [6.07, 6.45) is 9.59. The molecule has 0 atom stereocenters. The van der Waals surface area contributed by atoms with Crippen LogP contribution in [0.25, 0.3) is 66.6 Å². The van der Waals surface area contributed by atoms with Gasteiger partial charge in [0.15, 0.2) is 5.65 Å². The lowest BCUT2D eigenvalue weighted by atomic mass is 9.96. The molecule has 0 unspecified atom stereocenters. The van der Waals surface area contributed by atoms with E-state index in [4.69, 9.17) is 14.7 Å². The molecule has 340 valence electrons. The molecule has 8 aromatic rings. The first-order valence-corrected chi connectivity index (χ1v) is 23.5. The number of anilines is 2. The van der Waals surface area contributed by atoms with Gasteiger partial charge in [-0.3, -0.25) is 4.79 Å². The average Bonchev–Trinajstić information content (AvgIpc) is 3.95. The van der Waals surface area contributed by atoms with Gasteiger partial charge in [-0.15, -0.1) is 0 Å². The number of rotatable bonds is 11. The number of likely N-dealkylation sites (N-methyl/N-ethyl adjacent to an activating group) is 2. The number of halogens is 1. The first-order valence-electron chi connectivity index (χ1n) is 23.5. The Bertz CT molecular complexity index is 3050. The number of aromatic amines is 1. The van der Waals surface area contributed by atoms with Crippen LogP contribution in [0.4, 0.5) is 15.8 Å². The van der Waals surface area contributed by atoms with Crippen molar-refractivity contribution in [3.8, 4) is 44.5 Å². The minimum absolute atomic E-state index is 0.226. The number of amides is 1. The first kappa shape index (κ1) is 42.8. The third kappa shape index (κ3) is 8.57. The van der Waals surface area contributed by atoms with Crippen LogP contribution in [0.3, 0.4) is 0 Å². The van der Waals surface area contributed by atoms with E-state index in [1.807, 2.05) is 18.6 Å². The van der Waals surface area contributed by atoms with Crippen LogP contribution < -0.4 is 14.8 Å². The fourth-order valence-electron chi connectivity index (χ4n) is 9.77. The Kier molecular flexibility index (Phi) is 11.5. The zero-order valence-electron chi connectivity index (χ0n) is 38.5. The third-order valence-corrected chi connectivity index (χ3v) is 14.2. The van der Waals surface area contributed by atoms with Gasteiger partial charge in [-0.1, -0.05) is 54.6 Å². The number of fused-ring (bicyclic) bond motifs is 2. The van der Waals surface area contributed by atoms with Crippen molar-refractivity contribution in [2.24, 2.45) is 5.92 Å². The van der Waals surface area contributed by atoms with Crippen LogP contribution in [0.2, 0.25) is 0 Å². The number of carbonyl (C=O) groups is 1. The Morgan fingerprint density at radius 2 is 1.25 bits per heavy atom. The SMILES string of the molecule is CN1CCN(c2ccc(-c3cnc4[nH]cc(-c5ccc(C(=O)N(C)n6cc(-c7ccc(CCC8COC8)cc7)c7cc(-c8ccc(N9CCN(C)CC9)cc8)cnc76)cc5F)c4c3)cc2)CC1. The van der Waals surface area contributed by atoms with E-state index in [0.717, 1.165) is 123 Å². The smallest absolute Gasteiger partial charge is 0.272 e. The van der Waals surface area contributed by atoms with Crippen LogP contribution in [0.15, 0.2) is 128 Å². The van der Waals surface area contributed by atoms with Crippen molar-refractivity contribution in [1.82, 2.24) is 29.4 Å². The first-order chi connectivity index (χ1) is 32.7. The maximum atomic E-state index is 16.4. The molecule has 0 spiro atoms. The Morgan fingerprint density at radius 3 is 1.84 bits per heavy atom. The highest BCUT2D eigenvalue weighted by molar-refractivity contribution is 6.04. The summed E-state index contributed by atoms with van der Waals surface area (Å²) >= 11 is 0. The molecule has 4 aromatic heterocycles. The molecular formula is C55H56FN9O2. The van der Waals surface area contributed by atoms with Crippen molar-refractivity contribution >= 4 is 39.3 Å². The van der Waals surface area contributed by atoms with Gasteiger partial charge in [0, 0.05) is 146 Å². The topological polar surface area (TPSA) is 89.0 Å². The molecule has 11 nitrogen and oxygen atoms in total. The van der Waals surface area contributed by atoms with Crippen molar-refractivity contribution in [1.29, 1.82) is 0 Å². The van der Waals surface area contributed by atoms with Gasteiger partial charge in [0.25, 0.3) is 5.91 Å². The molecule has 0 radical (unpaired) electrons. The van der Waals surface area contributed by atoms with E-state index in [0.29, 0.717) is 28.3 Å². The van der Waals surface area contributed by atoms with Gasteiger partial charge in [0.05, 0.1) is 13.2 Å². The van der Waals surface area contributed by atoms with Crippen LogP contribution in [0.1, 0.15) is 22.3 Å². The predicted molar refractivity (Wildman–Crippen MR) is 268 cm³/mol. The highest BCUT2D eigenvalue weighted by Crippen LogP contribution is 2.36. The number of benzene rings is 4. The number of carbonyl (C=O) groups excluding carboxylic acids is 1. The lowest BCUT2D eigenvalue weighted by Gasteiger charge is -2.34. The Labute approximate surface area is 391 Å². The highest BCUT2D eigenvalue weighted by Gasteiger charge is 2.24. The molecule has 1 amide bonds.